The number of alkyl halides is 1. The van der Waals surface area contributed by atoms with Crippen molar-refractivity contribution in [2.75, 3.05) is 6.67 Å². The molecule has 1 rings (SSSR count). The third-order valence-electron chi connectivity index (χ3n) is 1.63. The number of aliphatic hydroxyl groups excluding tert-OH is 1. The van der Waals surface area contributed by atoms with Crippen LogP contribution >= 0.6 is 15.9 Å². The Morgan fingerprint density at radius 1 is 1.62 bits per heavy atom. The molecule has 1 N–H and O–H groups in total. The standard InChI is InChI=1S/C9H7BrFNO/c10-8-2-1-6(5-12)3-7(8)9(13)4-11/h1-3,9,13H,4H2. The van der Waals surface area contributed by atoms with Crippen LogP contribution in [0.15, 0.2) is 22.7 Å². The first-order valence-electron chi connectivity index (χ1n) is 3.62. The van der Waals surface area contributed by atoms with Crippen LogP contribution in [0.1, 0.15) is 17.2 Å². The molecule has 0 heterocycles. The fraction of sp³-hybridized carbons (Fsp3) is 0.222. The Balaban J connectivity index is 3.12. The molecule has 0 radical (unpaired) electrons. The van der Waals surface area contributed by atoms with Crippen LogP contribution in [0.25, 0.3) is 0 Å². The quantitative estimate of drug-likeness (QED) is 0.867. The summed E-state index contributed by atoms with van der Waals surface area (Å²) in [6, 6.07) is 6.60. The molecule has 68 valence electrons. The first-order valence-corrected chi connectivity index (χ1v) is 4.42. The van der Waals surface area contributed by atoms with Crippen LogP contribution in [0.3, 0.4) is 0 Å². The lowest BCUT2D eigenvalue weighted by molar-refractivity contribution is 0.141. The summed E-state index contributed by atoms with van der Waals surface area (Å²) in [6.45, 7) is -0.854. The number of halogens is 2. The molecule has 0 bridgehead atoms. The van der Waals surface area contributed by atoms with Gasteiger partial charge >= 0.3 is 0 Å². The highest BCUT2D eigenvalue weighted by molar-refractivity contribution is 9.10. The average molecular weight is 244 g/mol. The minimum atomic E-state index is -1.16. The maximum atomic E-state index is 12.1. The van der Waals surface area contributed by atoms with Gasteiger partial charge < -0.3 is 5.11 Å². The van der Waals surface area contributed by atoms with Crippen LogP contribution in [-0.4, -0.2) is 11.8 Å². The van der Waals surface area contributed by atoms with Crippen molar-refractivity contribution in [2.24, 2.45) is 0 Å². The molecule has 2 nitrogen and oxygen atoms in total. The highest BCUT2D eigenvalue weighted by Crippen LogP contribution is 2.24. The van der Waals surface area contributed by atoms with E-state index < -0.39 is 12.8 Å². The van der Waals surface area contributed by atoms with Gasteiger partial charge in [0.1, 0.15) is 12.8 Å². The van der Waals surface area contributed by atoms with Gasteiger partial charge in [-0.25, -0.2) is 4.39 Å². The van der Waals surface area contributed by atoms with Gasteiger partial charge in [-0.2, -0.15) is 5.26 Å². The SMILES string of the molecule is N#Cc1ccc(Br)c(C(O)CF)c1. The number of rotatable bonds is 2. The van der Waals surface area contributed by atoms with Crippen LogP contribution in [-0.2, 0) is 0 Å². The van der Waals surface area contributed by atoms with Crippen LogP contribution in [0.5, 0.6) is 0 Å². The minimum Gasteiger partial charge on any atom is -0.386 e. The maximum Gasteiger partial charge on any atom is 0.120 e. The van der Waals surface area contributed by atoms with Gasteiger partial charge in [-0.15, -0.1) is 0 Å². The molecule has 4 heteroatoms. The summed E-state index contributed by atoms with van der Waals surface area (Å²) in [4.78, 5) is 0. The summed E-state index contributed by atoms with van der Waals surface area (Å²) >= 11 is 3.16. The second kappa shape index (κ2) is 4.35. The van der Waals surface area contributed by atoms with Crippen molar-refractivity contribution in [1.82, 2.24) is 0 Å². The molecule has 0 aromatic heterocycles. The van der Waals surface area contributed by atoms with Gasteiger partial charge in [0.2, 0.25) is 0 Å². The minimum absolute atomic E-state index is 0.404. The van der Waals surface area contributed by atoms with E-state index in [-0.39, 0.29) is 0 Å². The monoisotopic (exact) mass is 243 g/mol. The van der Waals surface area contributed by atoms with Gasteiger partial charge in [0.25, 0.3) is 0 Å². The third kappa shape index (κ3) is 2.27. The van der Waals surface area contributed by atoms with Gasteiger partial charge in [-0.3, -0.25) is 0 Å². The molecule has 0 saturated carbocycles. The van der Waals surface area contributed by atoms with Gasteiger partial charge in [-0.05, 0) is 23.8 Å². The zero-order valence-corrected chi connectivity index (χ0v) is 8.25. The van der Waals surface area contributed by atoms with E-state index >= 15 is 0 Å². The smallest absolute Gasteiger partial charge is 0.120 e. The number of hydrogen-bond donors (Lipinski definition) is 1. The normalized spacial score (nSPS) is 12.2. The second-order valence-corrected chi connectivity index (χ2v) is 3.37. The molecule has 0 spiro atoms. The predicted octanol–water partition coefficient (Wildman–Crippen LogP) is 2.32. The highest BCUT2D eigenvalue weighted by Gasteiger charge is 2.11. The van der Waals surface area contributed by atoms with Crippen LogP contribution in [0, 0.1) is 11.3 Å². The summed E-state index contributed by atoms with van der Waals surface area (Å²) in [7, 11) is 0. The number of hydrogen-bond acceptors (Lipinski definition) is 2. The van der Waals surface area contributed by atoms with Crippen LogP contribution in [0.2, 0.25) is 0 Å². The molecule has 1 aromatic rings. The molecular formula is C9H7BrFNO. The van der Waals surface area contributed by atoms with E-state index in [4.69, 9.17) is 5.26 Å². The molecule has 0 aliphatic heterocycles. The van der Waals surface area contributed by atoms with Crippen LogP contribution in [0.4, 0.5) is 4.39 Å². The summed E-state index contributed by atoms with van der Waals surface area (Å²) < 4.78 is 12.7. The van der Waals surface area contributed by atoms with Gasteiger partial charge in [0, 0.05) is 4.47 Å². The van der Waals surface area contributed by atoms with Crippen molar-refractivity contribution in [3.8, 4) is 6.07 Å². The molecule has 13 heavy (non-hydrogen) atoms. The van der Waals surface area contributed by atoms with E-state index in [9.17, 15) is 9.50 Å². The van der Waals surface area contributed by atoms with Crippen LogP contribution < -0.4 is 0 Å². The number of benzene rings is 1. The van der Waals surface area contributed by atoms with Crippen molar-refractivity contribution in [2.45, 2.75) is 6.10 Å². The fourth-order valence-electron chi connectivity index (χ4n) is 0.952. The summed E-state index contributed by atoms with van der Waals surface area (Å²) in [5.41, 5.74) is 0.812. The lowest BCUT2D eigenvalue weighted by Crippen LogP contribution is -2.00. The van der Waals surface area contributed by atoms with E-state index in [0.717, 1.165) is 0 Å². The van der Waals surface area contributed by atoms with E-state index in [1.165, 1.54) is 6.07 Å². The van der Waals surface area contributed by atoms with Crippen molar-refractivity contribution < 1.29 is 9.50 Å². The first kappa shape index (κ1) is 10.2. The predicted molar refractivity (Wildman–Crippen MR) is 49.8 cm³/mol. The summed E-state index contributed by atoms with van der Waals surface area (Å²) in [5.74, 6) is 0. The Bertz CT molecular complexity index is 348. The second-order valence-electron chi connectivity index (χ2n) is 2.52. The molecule has 0 fully saturated rings. The van der Waals surface area contributed by atoms with Gasteiger partial charge in [0.05, 0.1) is 11.6 Å². The Morgan fingerprint density at radius 3 is 2.85 bits per heavy atom. The van der Waals surface area contributed by atoms with Crippen molar-refractivity contribution in [3.63, 3.8) is 0 Å². The fourth-order valence-corrected chi connectivity index (χ4v) is 1.46. The number of aliphatic hydroxyl groups is 1. The zero-order chi connectivity index (χ0) is 9.84. The molecule has 0 amide bonds. The lowest BCUT2D eigenvalue weighted by Gasteiger charge is -2.08. The largest absolute Gasteiger partial charge is 0.386 e. The molecule has 0 aliphatic rings. The summed E-state index contributed by atoms with van der Waals surface area (Å²) in [5, 5.41) is 17.8. The number of nitrogens with zero attached hydrogens (tertiary/aromatic N) is 1. The van der Waals surface area contributed by atoms with Gasteiger partial charge in [-0.1, -0.05) is 15.9 Å². The molecule has 1 atom stereocenters. The molecular weight excluding hydrogens is 237 g/mol. The Hall–Kier alpha value is -0.920. The highest BCUT2D eigenvalue weighted by atomic mass is 79.9. The third-order valence-corrected chi connectivity index (χ3v) is 2.35. The van der Waals surface area contributed by atoms with E-state index in [1.807, 2.05) is 6.07 Å². The molecule has 0 aliphatic carbocycles. The maximum absolute atomic E-state index is 12.1. The van der Waals surface area contributed by atoms with Gasteiger partial charge in [0.15, 0.2) is 0 Å². The molecule has 0 saturated heterocycles. The average Bonchev–Trinajstić information content (AvgIpc) is 2.17. The van der Waals surface area contributed by atoms with Crippen molar-refractivity contribution in [1.29, 1.82) is 5.26 Å². The topological polar surface area (TPSA) is 44.0 Å². The first-order chi connectivity index (χ1) is 6.19. The lowest BCUT2D eigenvalue weighted by atomic mass is 10.1. The van der Waals surface area contributed by atoms with Crippen molar-refractivity contribution >= 4 is 15.9 Å². The zero-order valence-electron chi connectivity index (χ0n) is 6.67. The Morgan fingerprint density at radius 2 is 2.31 bits per heavy atom. The van der Waals surface area contributed by atoms with Crippen molar-refractivity contribution in [3.05, 3.63) is 33.8 Å². The Kier molecular flexibility index (Phi) is 3.40. The van der Waals surface area contributed by atoms with E-state index in [0.29, 0.717) is 15.6 Å². The molecule has 1 unspecified atom stereocenters. The number of nitriles is 1. The van der Waals surface area contributed by atoms with E-state index in [1.54, 1.807) is 12.1 Å². The Labute approximate surface area is 83.7 Å². The summed E-state index contributed by atoms with van der Waals surface area (Å²) in [6.07, 6.45) is -1.16. The van der Waals surface area contributed by atoms with E-state index in [2.05, 4.69) is 15.9 Å². The molecule has 1 aromatic carbocycles.